The van der Waals surface area contributed by atoms with Gasteiger partial charge in [-0.05, 0) is 31.4 Å². The van der Waals surface area contributed by atoms with E-state index in [9.17, 15) is 9.59 Å². The molecule has 0 saturated carbocycles. The van der Waals surface area contributed by atoms with Crippen molar-refractivity contribution in [1.29, 1.82) is 0 Å². The third kappa shape index (κ3) is 3.59. The van der Waals surface area contributed by atoms with Crippen LogP contribution in [0, 0.1) is 0 Å². The van der Waals surface area contributed by atoms with Crippen LogP contribution < -0.4 is 20.7 Å². The molecule has 7 heteroatoms. The van der Waals surface area contributed by atoms with E-state index in [1.807, 2.05) is 0 Å². The topological polar surface area (TPSA) is 92.3 Å². The third-order valence-corrected chi connectivity index (χ3v) is 3.05. The van der Waals surface area contributed by atoms with Crippen LogP contribution in [0.1, 0.15) is 19.3 Å². The molecule has 0 spiro atoms. The van der Waals surface area contributed by atoms with Crippen LogP contribution >= 0.6 is 0 Å². The molecule has 0 aromatic carbocycles. The summed E-state index contributed by atoms with van der Waals surface area (Å²) in [6.07, 6.45) is 4.05. The second-order valence-electron chi connectivity index (χ2n) is 4.50. The minimum atomic E-state index is -0.500. The van der Waals surface area contributed by atoms with Crippen molar-refractivity contribution >= 4 is 17.6 Å². The molecule has 2 rings (SSSR count). The first-order chi connectivity index (χ1) is 9.70. The van der Waals surface area contributed by atoms with Gasteiger partial charge in [0, 0.05) is 12.7 Å². The van der Waals surface area contributed by atoms with Crippen LogP contribution in [0.25, 0.3) is 0 Å². The Morgan fingerprint density at radius 1 is 1.50 bits per heavy atom. The van der Waals surface area contributed by atoms with Crippen LogP contribution in [0.3, 0.4) is 0 Å². The summed E-state index contributed by atoms with van der Waals surface area (Å²) in [4.78, 5) is 27.6. The Morgan fingerprint density at radius 2 is 2.35 bits per heavy atom. The van der Waals surface area contributed by atoms with Crippen LogP contribution in [0.15, 0.2) is 18.3 Å². The highest BCUT2D eigenvalue weighted by molar-refractivity contribution is 5.94. The van der Waals surface area contributed by atoms with Gasteiger partial charge in [0.1, 0.15) is 11.7 Å². The molecule has 1 saturated heterocycles. The van der Waals surface area contributed by atoms with E-state index < -0.39 is 12.1 Å². The average molecular weight is 278 g/mol. The van der Waals surface area contributed by atoms with E-state index in [0.717, 1.165) is 12.8 Å². The Kier molecular flexibility index (Phi) is 4.75. The number of ether oxygens (including phenoxy) is 1. The lowest BCUT2D eigenvalue weighted by molar-refractivity contribution is -0.122. The Balaban J connectivity index is 1.96. The van der Waals surface area contributed by atoms with Gasteiger partial charge in [-0.2, -0.15) is 0 Å². The number of nitrogens with one attached hydrogen (secondary N) is 3. The van der Waals surface area contributed by atoms with E-state index in [-0.39, 0.29) is 5.91 Å². The zero-order valence-electron chi connectivity index (χ0n) is 11.3. The number of rotatable bonds is 3. The molecule has 2 heterocycles. The van der Waals surface area contributed by atoms with Crippen LogP contribution in [-0.4, -0.2) is 36.6 Å². The van der Waals surface area contributed by atoms with E-state index in [4.69, 9.17) is 4.74 Å². The molecule has 0 radical (unpaired) electrons. The fourth-order valence-electron chi connectivity index (χ4n) is 2.04. The molecule has 1 atom stereocenters. The van der Waals surface area contributed by atoms with Crippen LogP contribution in [0.2, 0.25) is 0 Å². The molecule has 7 nitrogen and oxygen atoms in total. The number of aromatic nitrogens is 1. The zero-order chi connectivity index (χ0) is 14.4. The predicted octanol–water partition coefficient (Wildman–Crippen LogP) is 0.880. The van der Waals surface area contributed by atoms with Gasteiger partial charge in [0.2, 0.25) is 11.8 Å². The number of anilines is 1. The Bertz CT molecular complexity index is 492. The SMILES string of the molecule is COc1ncccc1NC(=O)NC1CCCCNC1=O. The highest BCUT2D eigenvalue weighted by atomic mass is 16.5. The molecule has 1 aromatic rings. The molecule has 1 unspecified atom stereocenters. The second-order valence-corrected chi connectivity index (χ2v) is 4.50. The van der Waals surface area contributed by atoms with Crippen molar-refractivity contribution in [3.63, 3.8) is 0 Å². The number of amides is 3. The normalized spacial score (nSPS) is 18.6. The molecule has 0 aliphatic carbocycles. The summed E-state index contributed by atoms with van der Waals surface area (Å²) in [7, 11) is 1.48. The third-order valence-electron chi connectivity index (χ3n) is 3.05. The first kappa shape index (κ1) is 14.1. The molecule has 1 aliphatic heterocycles. The lowest BCUT2D eigenvalue weighted by Crippen LogP contribution is -2.47. The minimum absolute atomic E-state index is 0.143. The van der Waals surface area contributed by atoms with Crippen molar-refractivity contribution in [2.45, 2.75) is 25.3 Å². The van der Waals surface area contributed by atoms with E-state index in [0.29, 0.717) is 24.5 Å². The Hall–Kier alpha value is -2.31. The van der Waals surface area contributed by atoms with Crippen molar-refractivity contribution in [3.05, 3.63) is 18.3 Å². The van der Waals surface area contributed by atoms with Crippen LogP contribution in [0.4, 0.5) is 10.5 Å². The molecule has 0 bridgehead atoms. The Morgan fingerprint density at radius 3 is 3.15 bits per heavy atom. The number of hydrogen-bond donors (Lipinski definition) is 3. The van der Waals surface area contributed by atoms with E-state index in [1.165, 1.54) is 7.11 Å². The lowest BCUT2D eigenvalue weighted by Gasteiger charge is -2.16. The summed E-state index contributed by atoms with van der Waals surface area (Å²) in [5.74, 6) is 0.184. The molecular formula is C13H18N4O3. The molecule has 1 aliphatic rings. The van der Waals surface area contributed by atoms with Gasteiger partial charge in [0.25, 0.3) is 0 Å². The maximum atomic E-state index is 11.9. The van der Waals surface area contributed by atoms with Crippen LogP contribution in [0.5, 0.6) is 5.88 Å². The summed E-state index contributed by atoms with van der Waals surface area (Å²) >= 11 is 0. The van der Waals surface area contributed by atoms with Crippen LogP contribution in [-0.2, 0) is 4.79 Å². The van der Waals surface area contributed by atoms with E-state index in [1.54, 1.807) is 18.3 Å². The number of carbonyl (C=O) groups is 2. The summed E-state index contributed by atoms with van der Waals surface area (Å²) in [6, 6.07) is 2.42. The quantitative estimate of drug-likeness (QED) is 0.765. The van der Waals surface area contributed by atoms with Crippen molar-refractivity contribution < 1.29 is 14.3 Å². The molecule has 108 valence electrons. The molecule has 20 heavy (non-hydrogen) atoms. The average Bonchev–Trinajstić information content (AvgIpc) is 2.65. The van der Waals surface area contributed by atoms with Gasteiger partial charge < -0.3 is 20.7 Å². The number of nitrogens with zero attached hydrogens (tertiary/aromatic N) is 1. The first-order valence-corrected chi connectivity index (χ1v) is 6.55. The second kappa shape index (κ2) is 6.74. The highest BCUT2D eigenvalue weighted by Gasteiger charge is 2.22. The number of methoxy groups -OCH3 is 1. The van der Waals surface area contributed by atoms with Crippen molar-refractivity contribution in [3.8, 4) is 5.88 Å². The Labute approximate surface area is 117 Å². The monoisotopic (exact) mass is 278 g/mol. The molecule has 3 N–H and O–H groups in total. The summed E-state index contributed by atoms with van der Waals surface area (Å²) in [5.41, 5.74) is 0.460. The number of hydrogen-bond acceptors (Lipinski definition) is 4. The number of urea groups is 1. The smallest absolute Gasteiger partial charge is 0.320 e. The lowest BCUT2D eigenvalue weighted by atomic mass is 10.1. The van der Waals surface area contributed by atoms with Gasteiger partial charge in [0.05, 0.1) is 7.11 Å². The van der Waals surface area contributed by atoms with Crippen molar-refractivity contribution in [2.75, 3.05) is 19.0 Å². The maximum Gasteiger partial charge on any atom is 0.320 e. The fourth-order valence-corrected chi connectivity index (χ4v) is 2.04. The van der Waals surface area contributed by atoms with Crippen molar-refractivity contribution in [2.24, 2.45) is 0 Å². The molecule has 1 fully saturated rings. The number of pyridine rings is 1. The summed E-state index contributed by atoms with van der Waals surface area (Å²) in [5, 5.41) is 8.06. The van der Waals surface area contributed by atoms with Gasteiger partial charge in [-0.15, -0.1) is 0 Å². The fraction of sp³-hybridized carbons (Fsp3) is 0.462. The van der Waals surface area contributed by atoms with E-state index >= 15 is 0 Å². The summed E-state index contributed by atoms with van der Waals surface area (Å²) < 4.78 is 5.04. The van der Waals surface area contributed by atoms with Gasteiger partial charge in [-0.3, -0.25) is 4.79 Å². The largest absolute Gasteiger partial charge is 0.480 e. The first-order valence-electron chi connectivity index (χ1n) is 6.55. The molecule has 1 aromatic heterocycles. The van der Waals surface area contributed by atoms with Gasteiger partial charge in [-0.1, -0.05) is 0 Å². The molecular weight excluding hydrogens is 260 g/mol. The van der Waals surface area contributed by atoms with Gasteiger partial charge in [-0.25, -0.2) is 9.78 Å². The minimum Gasteiger partial charge on any atom is -0.480 e. The maximum absolute atomic E-state index is 11.9. The van der Waals surface area contributed by atoms with E-state index in [2.05, 4.69) is 20.9 Å². The van der Waals surface area contributed by atoms with Crippen molar-refractivity contribution in [1.82, 2.24) is 15.6 Å². The van der Waals surface area contributed by atoms with Gasteiger partial charge in [0.15, 0.2) is 0 Å². The zero-order valence-corrected chi connectivity index (χ0v) is 11.3. The standard InChI is InChI=1S/C13H18N4O3/c1-20-12-10(6-4-8-15-12)17-13(19)16-9-5-2-3-7-14-11(9)18/h4,6,8-9H,2-3,5,7H2,1H3,(H,14,18)(H2,16,17,19). The van der Waals surface area contributed by atoms with Gasteiger partial charge >= 0.3 is 6.03 Å². The summed E-state index contributed by atoms with van der Waals surface area (Å²) in [6.45, 7) is 0.662. The molecule has 3 amide bonds. The number of carbonyl (C=O) groups excluding carboxylic acids is 2. The highest BCUT2D eigenvalue weighted by Crippen LogP contribution is 2.19. The predicted molar refractivity (Wildman–Crippen MR) is 73.6 cm³/mol.